The van der Waals surface area contributed by atoms with Crippen molar-refractivity contribution in [3.8, 4) is 33.6 Å². The van der Waals surface area contributed by atoms with Crippen molar-refractivity contribution >= 4 is 95.5 Å². The molecule has 5 heteroatoms. The molecular weight excluding hydrogens is 878 g/mol. The van der Waals surface area contributed by atoms with Crippen LogP contribution in [0.3, 0.4) is 0 Å². The molecule has 12 aromatic rings. The molecule has 0 unspecified atom stereocenters. The zero-order valence-electron chi connectivity index (χ0n) is 40.5. The van der Waals surface area contributed by atoms with Gasteiger partial charge in [0.1, 0.15) is 0 Å². The second-order valence-electron chi connectivity index (χ2n) is 20.5. The first-order valence-electron chi connectivity index (χ1n) is 24.9. The van der Waals surface area contributed by atoms with Gasteiger partial charge >= 0.3 is 0 Å². The van der Waals surface area contributed by atoms with Gasteiger partial charge in [0.25, 0.3) is 0 Å². The fourth-order valence-electron chi connectivity index (χ4n) is 12.2. The van der Waals surface area contributed by atoms with Gasteiger partial charge in [-0.1, -0.05) is 202 Å². The fraction of sp³-hybridized carbons (Fsp3) is 0.0909. The minimum Gasteiger partial charge on any atom is -0.310 e. The van der Waals surface area contributed by atoms with Crippen LogP contribution in [0.2, 0.25) is 0 Å². The molecule has 2 aromatic heterocycles. The van der Waals surface area contributed by atoms with Crippen LogP contribution < -0.4 is 21.3 Å². The van der Waals surface area contributed by atoms with Gasteiger partial charge in [-0.25, -0.2) is 0 Å². The average Bonchev–Trinajstić information content (AvgIpc) is 3.92. The Morgan fingerprint density at radius 2 is 0.859 bits per heavy atom. The Labute approximate surface area is 419 Å². The summed E-state index contributed by atoms with van der Waals surface area (Å²) >= 11 is 1.97. The van der Waals surface area contributed by atoms with Crippen molar-refractivity contribution in [3.63, 3.8) is 0 Å². The molecule has 0 saturated heterocycles. The quantitative estimate of drug-likeness (QED) is 0.160. The molecule has 2 aliphatic rings. The molecule has 0 aliphatic carbocycles. The summed E-state index contributed by atoms with van der Waals surface area (Å²) in [4.78, 5) is 5.37. The van der Waals surface area contributed by atoms with Crippen LogP contribution in [0, 0.1) is 13.8 Å². The van der Waals surface area contributed by atoms with Crippen molar-refractivity contribution in [1.82, 2.24) is 9.13 Å². The molecule has 71 heavy (non-hydrogen) atoms. The maximum atomic E-state index is 2.70. The van der Waals surface area contributed by atoms with Crippen molar-refractivity contribution in [1.29, 1.82) is 0 Å². The lowest BCUT2D eigenvalue weighted by Gasteiger charge is -2.44. The number of anilines is 3. The molecule has 0 saturated carbocycles. The van der Waals surface area contributed by atoms with Crippen molar-refractivity contribution in [2.75, 3.05) is 4.90 Å². The van der Waals surface area contributed by atoms with Gasteiger partial charge in [-0.05, 0) is 107 Å². The highest BCUT2D eigenvalue weighted by Crippen LogP contribution is 2.52. The van der Waals surface area contributed by atoms with Crippen molar-refractivity contribution < 1.29 is 0 Å². The first kappa shape index (κ1) is 41.9. The van der Waals surface area contributed by atoms with Gasteiger partial charge < -0.3 is 14.0 Å². The van der Waals surface area contributed by atoms with E-state index in [2.05, 4.69) is 261 Å². The molecule has 0 N–H and O–H groups in total. The first-order valence-corrected chi connectivity index (χ1v) is 25.7. The Morgan fingerprint density at radius 1 is 0.408 bits per heavy atom. The standard InChI is InChI=1S/C66H50BN3S/c1-41-54(68-56-31-16-12-25-48(56)49-26-13-17-32-57(49)68)37-35-52-63(41)70(64-46(43-21-8-6-9-22-43)29-20-30-47(64)44-23-10-7-11-24-44)60-39-45(66(3,4)5)40-61-62(60)67(52)53-36-38-55(42(2)65(53)71-61)69-58-33-18-14-27-50(58)51-28-15-19-34-59(51)69/h6-40H,1-5H3. The molecule has 2 aliphatic heterocycles. The molecule has 14 rings (SSSR count). The SMILES string of the molecule is Cc1c(-n2c3ccccc3c3ccccc32)ccc2c1Sc1cc(C(C)(C)C)cc3c1B2c1ccc(-n2c4ccccc4c4ccccc42)c(C)c1N3c1c(-c2ccccc2)cccc1-c1ccccc1. The average molecular weight is 928 g/mol. The van der Waals surface area contributed by atoms with E-state index in [9.17, 15) is 0 Å². The van der Waals surface area contributed by atoms with Gasteiger partial charge in [0.2, 0.25) is 6.71 Å². The third-order valence-corrected chi connectivity index (χ3v) is 16.8. The van der Waals surface area contributed by atoms with Crippen LogP contribution in [0.15, 0.2) is 222 Å². The molecule has 0 amide bonds. The maximum absolute atomic E-state index is 2.70. The molecule has 0 bridgehead atoms. The Kier molecular flexibility index (Phi) is 9.31. The second kappa shape index (κ2) is 15.8. The lowest BCUT2D eigenvalue weighted by molar-refractivity contribution is 0.589. The largest absolute Gasteiger partial charge is 0.310 e. The van der Waals surface area contributed by atoms with Crippen LogP contribution in [0.4, 0.5) is 17.1 Å². The number of para-hydroxylation sites is 5. The minimum atomic E-state index is -0.130. The normalized spacial score (nSPS) is 13.0. The lowest BCUT2D eigenvalue weighted by atomic mass is 9.34. The van der Waals surface area contributed by atoms with Gasteiger partial charge in [0.15, 0.2) is 0 Å². The van der Waals surface area contributed by atoms with E-state index < -0.39 is 0 Å². The molecule has 0 radical (unpaired) electrons. The topological polar surface area (TPSA) is 13.1 Å². The van der Waals surface area contributed by atoms with Crippen molar-refractivity contribution in [3.05, 3.63) is 229 Å². The van der Waals surface area contributed by atoms with Gasteiger partial charge in [0, 0.05) is 53.8 Å². The molecule has 0 spiro atoms. The Morgan fingerprint density at radius 3 is 1.35 bits per heavy atom. The summed E-state index contributed by atoms with van der Waals surface area (Å²) in [5.41, 5.74) is 23.5. The summed E-state index contributed by atoms with van der Waals surface area (Å²) in [7, 11) is 0. The summed E-state index contributed by atoms with van der Waals surface area (Å²) in [6.45, 7) is 11.8. The smallest absolute Gasteiger partial charge is 0.249 e. The molecule has 10 aromatic carbocycles. The maximum Gasteiger partial charge on any atom is 0.249 e. The molecule has 0 fully saturated rings. The van der Waals surface area contributed by atoms with Crippen LogP contribution in [-0.2, 0) is 5.41 Å². The number of benzene rings is 10. The minimum absolute atomic E-state index is 0.0163. The zero-order valence-corrected chi connectivity index (χ0v) is 41.4. The van der Waals surface area contributed by atoms with E-state index >= 15 is 0 Å². The van der Waals surface area contributed by atoms with Gasteiger partial charge in [-0.15, -0.1) is 0 Å². The summed E-state index contributed by atoms with van der Waals surface area (Å²) in [6.07, 6.45) is 0. The number of aromatic nitrogens is 2. The van der Waals surface area contributed by atoms with Crippen LogP contribution in [-0.4, -0.2) is 15.8 Å². The zero-order chi connectivity index (χ0) is 47.7. The van der Waals surface area contributed by atoms with Gasteiger partial charge in [0.05, 0.1) is 39.1 Å². The number of hydrogen-bond donors (Lipinski definition) is 0. The number of rotatable bonds is 5. The second-order valence-corrected chi connectivity index (χ2v) is 21.5. The van der Waals surface area contributed by atoms with E-state index in [0.29, 0.717) is 0 Å². The predicted molar refractivity (Wildman–Crippen MR) is 304 cm³/mol. The Balaban J connectivity index is 1.11. The Hall–Kier alpha value is -7.99. The van der Waals surface area contributed by atoms with E-state index in [1.165, 1.54) is 137 Å². The fourth-order valence-corrected chi connectivity index (χ4v) is 13.5. The van der Waals surface area contributed by atoms with Crippen LogP contribution in [0.25, 0.3) is 77.2 Å². The molecule has 3 nitrogen and oxygen atoms in total. The Bertz CT molecular complexity index is 3990. The monoisotopic (exact) mass is 927 g/mol. The highest BCUT2D eigenvalue weighted by atomic mass is 32.2. The van der Waals surface area contributed by atoms with Gasteiger partial charge in [-0.3, -0.25) is 0 Å². The van der Waals surface area contributed by atoms with Crippen LogP contribution in [0.1, 0.15) is 37.5 Å². The third kappa shape index (κ3) is 6.19. The number of fused-ring (bicyclic) bond motifs is 10. The van der Waals surface area contributed by atoms with Gasteiger partial charge in [-0.2, -0.15) is 0 Å². The lowest BCUT2D eigenvalue weighted by Crippen LogP contribution is -2.60. The highest BCUT2D eigenvalue weighted by Gasteiger charge is 2.44. The summed E-state index contributed by atoms with van der Waals surface area (Å²) < 4.78 is 5.01. The molecule has 4 heterocycles. The molecule has 338 valence electrons. The van der Waals surface area contributed by atoms with E-state index in [0.717, 1.165) is 0 Å². The van der Waals surface area contributed by atoms with Crippen molar-refractivity contribution in [2.24, 2.45) is 0 Å². The van der Waals surface area contributed by atoms with Crippen LogP contribution >= 0.6 is 11.8 Å². The van der Waals surface area contributed by atoms with E-state index in [4.69, 9.17) is 0 Å². The summed E-state index contributed by atoms with van der Waals surface area (Å²) in [5, 5.41) is 5.07. The number of hydrogen-bond acceptors (Lipinski definition) is 2. The van der Waals surface area contributed by atoms with E-state index in [1.807, 2.05) is 11.8 Å². The van der Waals surface area contributed by atoms with E-state index in [1.54, 1.807) is 0 Å². The first-order chi connectivity index (χ1) is 34.7. The molecule has 0 atom stereocenters. The third-order valence-electron chi connectivity index (χ3n) is 15.5. The number of nitrogens with zero attached hydrogens (tertiary/aromatic N) is 3. The van der Waals surface area contributed by atoms with E-state index in [-0.39, 0.29) is 12.1 Å². The predicted octanol–water partition coefficient (Wildman–Crippen LogP) is 15.9. The summed E-state index contributed by atoms with van der Waals surface area (Å²) in [6, 6.07) is 79.3. The highest BCUT2D eigenvalue weighted by molar-refractivity contribution is 8.00. The summed E-state index contributed by atoms with van der Waals surface area (Å²) in [5.74, 6) is 0. The molecular formula is C66H50BN3S. The van der Waals surface area contributed by atoms with Crippen molar-refractivity contribution in [2.45, 2.75) is 49.8 Å². The van der Waals surface area contributed by atoms with Crippen LogP contribution in [0.5, 0.6) is 0 Å².